The van der Waals surface area contributed by atoms with Crippen molar-refractivity contribution in [1.29, 1.82) is 0 Å². The molecule has 1 saturated heterocycles. The lowest BCUT2D eigenvalue weighted by molar-refractivity contribution is -0.150. The van der Waals surface area contributed by atoms with Crippen LogP contribution in [0, 0.1) is 5.41 Å². The molecule has 0 spiro atoms. The van der Waals surface area contributed by atoms with Gasteiger partial charge in [0.1, 0.15) is 5.75 Å². The first kappa shape index (κ1) is 12.6. The molecule has 0 amide bonds. The number of hydrogen-bond donors (Lipinski definition) is 2. The first-order valence-electron chi connectivity index (χ1n) is 5.40. The van der Waals surface area contributed by atoms with E-state index in [-0.39, 0.29) is 12.6 Å². The summed E-state index contributed by atoms with van der Waals surface area (Å²) in [6, 6.07) is 5.04. The molecule has 1 aromatic carbocycles. The molecule has 1 atom stereocenters. The Morgan fingerprint density at radius 2 is 2.29 bits per heavy atom. The van der Waals surface area contributed by atoms with Gasteiger partial charge in [-0.15, -0.1) is 0 Å². The van der Waals surface area contributed by atoms with E-state index in [1.165, 1.54) is 0 Å². The van der Waals surface area contributed by atoms with Gasteiger partial charge in [0.25, 0.3) is 0 Å². The number of rotatable bonds is 4. The zero-order chi connectivity index (χ0) is 12.5. The average Bonchev–Trinajstić information content (AvgIpc) is 2.28. The minimum Gasteiger partial charge on any atom is -0.497 e. The third-order valence-corrected chi connectivity index (χ3v) is 3.62. The van der Waals surface area contributed by atoms with Crippen LogP contribution >= 0.6 is 11.6 Å². The molecule has 4 nitrogen and oxygen atoms in total. The van der Waals surface area contributed by atoms with Crippen molar-refractivity contribution in [2.45, 2.75) is 6.04 Å². The van der Waals surface area contributed by atoms with E-state index in [0.29, 0.717) is 24.0 Å². The van der Waals surface area contributed by atoms with Crippen molar-refractivity contribution >= 4 is 11.6 Å². The van der Waals surface area contributed by atoms with E-state index in [1.807, 2.05) is 12.1 Å². The van der Waals surface area contributed by atoms with Crippen molar-refractivity contribution in [2.75, 3.05) is 26.9 Å². The van der Waals surface area contributed by atoms with Gasteiger partial charge in [0.15, 0.2) is 0 Å². The molecule has 1 heterocycles. The fourth-order valence-electron chi connectivity index (χ4n) is 1.95. The van der Waals surface area contributed by atoms with Gasteiger partial charge in [-0.1, -0.05) is 17.7 Å². The highest BCUT2D eigenvalue weighted by Crippen LogP contribution is 2.41. The lowest BCUT2D eigenvalue weighted by Gasteiger charge is -2.44. The van der Waals surface area contributed by atoms with E-state index in [0.717, 1.165) is 5.56 Å². The van der Waals surface area contributed by atoms with E-state index in [1.54, 1.807) is 13.2 Å². The van der Waals surface area contributed by atoms with Crippen LogP contribution in [0.25, 0.3) is 0 Å². The normalized spacial score (nSPS) is 19.5. The Balaban J connectivity index is 2.27. The van der Waals surface area contributed by atoms with Crippen LogP contribution in [0.1, 0.15) is 11.6 Å². The van der Waals surface area contributed by atoms with E-state index in [4.69, 9.17) is 26.8 Å². The van der Waals surface area contributed by atoms with Gasteiger partial charge >= 0.3 is 0 Å². The minimum atomic E-state index is -0.405. The molecule has 1 fully saturated rings. The number of ether oxygens (including phenoxy) is 2. The number of benzene rings is 1. The number of halogens is 1. The van der Waals surface area contributed by atoms with Gasteiger partial charge < -0.3 is 20.3 Å². The maximum atomic E-state index is 9.43. The predicted octanol–water partition coefficient (Wildman–Crippen LogP) is 1.36. The molecule has 1 aromatic rings. The summed E-state index contributed by atoms with van der Waals surface area (Å²) >= 11 is 6.16. The standard InChI is InChI=1S/C12H16ClNO3/c1-16-8-2-3-9(10(13)4-8)11(14)12(5-15)6-17-7-12/h2-4,11,15H,5-7,14H2,1H3. The van der Waals surface area contributed by atoms with Gasteiger partial charge in [0.2, 0.25) is 0 Å². The van der Waals surface area contributed by atoms with Gasteiger partial charge in [-0.25, -0.2) is 0 Å². The first-order valence-corrected chi connectivity index (χ1v) is 5.78. The Labute approximate surface area is 105 Å². The second-order valence-corrected chi connectivity index (χ2v) is 4.79. The van der Waals surface area contributed by atoms with Gasteiger partial charge in [0, 0.05) is 11.1 Å². The largest absolute Gasteiger partial charge is 0.497 e. The molecule has 1 unspecified atom stereocenters. The number of methoxy groups -OCH3 is 1. The van der Waals surface area contributed by atoms with Gasteiger partial charge in [-0.3, -0.25) is 0 Å². The zero-order valence-corrected chi connectivity index (χ0v) is 10.4. The van der Waals surface area contributed by atoms with Crippen molar-refractivity contribution in [3.63, 3.8) is 0 Å². The van der Waals surface area contributed by atoms with Crippen LogP contribution < -0.4 is 10.5 Å². The molecule has 0 bridgehead atoms. The van der Waals surface area contributed by atoms with Crippen LogP contribution in [0.3, 0.4) is 0 Å². The lowest BCUT2D eigenvalue weighted by atomic mass is 9.76. The fraction of sp³-hybridized carbons (Fsp3) is 0.500. The predicted molar refractivity (Wildman–Crippen MR) is 65.3 cm³/mol. The van der Waals surface area contributed by atoms with E-state index in [2.05, 4.69) is 0 Å². The molecule has 94 valence electrons. The molecule has 0 aliphatic carbocycles. The molecule has 5 heteroatoms. The van der Waals surface area contributed by atoms with Crippen molar-refractivity contribution in [1.82, 2.24) is 0 Å². The van der Waals surface area contributed by atoms with Gasteiger partial charge in [-0.05, 0) is 17.7 Å². The molecule has 3 N–H and O–H groups in total. The summed E-state index contributed by atoms with van der Waals surface area (Å²) in [5.74, 6) is 0.689. The molecule has 1 aliphatic heterocycles. The first-order chi connectivity index (χ1) is 8.13. The smallest absolute Gasteiger partial charge is 0.120 e. The average molecular weight is 258 g/mol. The van der Waals surface area contributed by atoms with Crippen LogP contribution in [0.4, 0.5) is 0 Å². The van der Waals surface area contributed by atoms with Crippen LogP contribution in [-0.4, -0.2) is 32.0 Å². The Hall–Kier alpha value is -0.810. The molecule has 0 radical (unpaired) electrons. The molecule has 2 rings (SSSR count). The third kappa shape index (κ3) is 2.13. The second kappa shape index (κ2) is 4.82. The maximum Gasteiger partial charge on any atom is 0.120 e. The third-order valence-electron chi connectivity index (χ3n) is 3.30. The Morgan fingerprint density at radius 1 is 1.59 bits per heavy atom. The van der Waals surface area contributed by atoms with Crippen LogP contribution in [0.15, 0.2) is 18.2 Å². The summed E-state index contributed by atoms with van der Waals surface area (Å²) in [7, 11) is 1.58. The van der Waals surface area contributed by atoms with E-state index < -0.39 is 5.41 Å². The van der Waals surface area contributed by atoms with E-state index in [9.17, 15) is 5.11 Å². The van der Waals surface area contributed by atoms with Crippen LogP contribution in [-0.2, 0) is 4.74 Å². The zero-order valence-electron chi connectivity index (χ0n) is 9.65. The molecule has 17 heavy (non-hydrogen) atoms. The highest BCUT2D eigenvalue weighted by atomic mass is 35.5. The topological polar surface area (TPSA) is 64.7 Å². The highest BCUT2D eigenvalue weighted by molar-refractivity contribution is 6.31. The number of hydrogen-bond acceptors (Lipinski definition) is 4. The number of aliphatic hydroxyl groups excluding tert-OH is 1. The maximum absolute atomic E-state index is 9.43. The minimum absolute atomic E-state index is 0.00345. The van der Waals surface area contributed by atoms with Crippen molar-refractivity contribution in [3.8, 4) is 5.75 Å². The van der Waals surface area contributed by atoms with Gasteiger partial charge in [0.05, 0.1) is 32.3 Å². The van der Waals surface area contributed by atoms with Crippen LogP contribution in [0.5, 0.6) is 5.75 Å². The lowest BCUT2D eigenvalue weighted by Crippen LogP contribution is -2.52. The summed E-state index contributed by atoms with van der Waals surface area (Å²) in [6.07, 6.45) is 0. The SMILES string of the molecule is COc1ccc(C(N)C2(CO)COC2)c(Cl)c1. The highest BCUT2D eigenvalue weighted by Gasteiger charge is 2.44. The van der Waals surface area contributed by atoms with Crippen molar-refractivity contribution in [3.05, 3.63) is 28.8 Å². The Morgan fingerprint density at radius 3 is 2.71 bits per heavy atom. The van der Waals surface area contributed by atoms with Crippen molar-refractivity contribution < 1.29 is 14.6 Å². The number of aliphatic hydroxyl groups is 1. The van der Waals surface area contributed by atoms with E-state index >= 15 is 0 Å². The summed E-state index contributed by atoms with van der Waals surface area (Å²) in [5, 5.41) is 9.98. The molecular formula is C12H16ClNO3. The van der Waals surface area contributed by atoms with Crippen molar-refractivity contribution in [2.24, 2.45) is 11.1 Å². The summed E-state index contributed by atoms with van der Waals surface area (Å²) < 4.78 is 10.2. The summed E-state index contributed by atoms with van der Waals surface area (Å²) in [6.45, 7) is 0.927. The summed E-state index contributed by atoms with van der Waals surface area (Å²) in [4.78, 5) is 0. The quantitative estimate of drug-likeness (QED) is 0.855. The number of nitrogens with two attached hydrogens (primary N) is 1. The molecule has 0 saturated carbocycles. The van der Waals surface area contributed by atoms with Gasteiger partial charge in [-0.2, -0.15) is 0 Å². The van der Waals surface area contributed by atoms with Crippen LogP contribution in [0.2, 0.25) is 5.02 Å². The molecule has 1 aliphatic rings. The molecule has 0 aromatic heterocycles. The molecular weight excluding hydrogens is 242 g/mol. The fourth-order valence-corrected chi connectivity index (χ4v) is 2.24. The second-order valence-electron chi connectivity index (χ2n) is 4.38. The Kier molecular flexibility index (Phi) is 3.58. The monoisotopic (exact) mass is 257 g/mol. The summed E-state index contributed by atoms with van der Waals surface area (Å²) in [5.41, 5.74) is 6.58. The Bertz CT molecular complexity index is 401.